The average molecular weight is 253 g/mol. The molecule has 5 heteroatoms. The predicted molar refractivity (Wildman–Crippen MR) is 70.1 cm³/mol. The lowest BCUT2D eigenvalue weighted by atomic mass is 10.1. The van der Waals surface area contributed by atoms with E-state index in [4.69, 9.17) is 0 Å². The summed E-state index contributed by atoms with van der Waals surface area (Å²) in [4.78, 5) is 19.5. The van der Waals surface area contributed by atoms with Crippen molar-refractivity contribution in [3.63, 3.8) is 0 Å². The first-order valence-corrected chi connectivity index (χ1v) is 5.79. The molecule has 0 amide bonds. The quantitative estimate of drug-likeness (QED) is 0.761. The zero-order chi connectivity index (χ0) is 13.4. The number of benzene rings is 1. The summed E-state index contributed by atoms with van der Waals surface area (Å²) < 4.78 is 1.69. The van der Waals surface area contributed by atoms with Gasteiger partial charge in [-0.25, -0.2) is 14.8 Å². The van der Waals surface area contributed by atoms with Crippen molar-refractivity contribution in [1.82, 2.24) is 14.4 Å². The summed E-state index contributed by atoms with van der Waals surface area (Å²) in [5.74, 6) is -0.452. The number of aromatic carboxylic acids is 1. The van der Waals surface area contributed by atoms with Gasteiger partial charge in [-0.15, -0.1) is 0 Å². The summed E-state index contributed by atoms with van der Waals surface area (Å²) >= 11 is 0. The van der Waals surface area contributed by atoms with E-state index < -0.39 is 5.97 Å². The maximum atomic E-state index is 11.2. The van der Waals surface area contributed by atoms with E-state index in [2.05, 4.69) is 9.97 Å². The zero-order valence-corrected chi connectivity index (χ0v) is 10.2. The first-order valence-electron chi connectivity index (χ1n) is 5.79. The second-order valence-electron chi connectivity index (χ2n) is 4.29. The van der Waals surface area contributed by atoms with Crippen LogP contribution in [0.1, 0.15) is 16.1 Å². The van der Waals surface area contributed by atoms with Crippen molar-refractivity contribution >= 4 is 11.5 Å². The Morgan fingerprint density at radius 3 is 2.89 bits per heavy atom. The highest BCUT2D eigenvalue weighted by Gasteiger charge is 2.17. The molecule has 19 heavy (non-hydrogen) atoms. The summed E-state index contributed by atoms with van der Waals surface area (Å²) in [6.45, 7) is 1.98. The van der Waals surface area contributed by atoms with Crippen LogP contribution in [0.2, 0.25) is 0 Å². The van der Waals surface area contributed by atoms with Crippen molar-refractivity contribution < 1.29 is 9.90 Å². The zero-order valence-electron chi connectivity index (χ0n) is 10.2. The standard InChI is InChI=1S/C14H11N3O2/c1-9-3-2-4-10(7-9)13-16-12(14(18)19)11-5-6-15-8-17(11)13/h2-8H,1H3,(H,18,19). The number of imidazole rings is 1. The number of carboxylic acids is 1. The molecule has 0 aliphatic heterocycles. The van der Waals surface area contributed by atoms with Crippen LogP contribution in [0.25, 0.3) is 16.9 Å². The fourth-order valence-corrected chi connectivity index (χ4v) is 2.09. The molecule has 1 aromatic carbocycles. The van der Waals surface area contributed by atoms with Crippen molar-refractivity contribution in [3.8, 4) is 11.4 Å². The minimum atomic E-state index is -1.04. The van der Waals surface area contributed by atoms with Gasteiger partial charge in [0.15, 0.2) is 5.69 Å². The fraction of sp³-hybridized carbons (Fsp3) is 0.0714. The van der Waals surface area contributed by atoms with E-state index in [0.717, 1.165) is 11.1 Å². The van der Waals surface area contributed by atoms with Crippen molar-refractivity contribution in [2.75, 3.05) is 0 Å². The molecule has 0 saturated carbocycles. The monoisotopic (exact) mass is 253 g/mol. The molecule has 0 unspecified atom stereocenters. The lowest BCUT2D eigenvalue weighted by Crippen LogP contribution is -1.97. The third-order valence-electron chi connectivity index (χ3n) is 2.93. The molecule has 2 aromatic heterocycles. The molecule has 0 fully saturated rings. The molecule has 94 valence electrons. The molecule has 0 spiro atoms. The number of hydrogen-bond acceptors (Lipinski definition) is 3. The van der Waals surface area contributed by atoms with Crippen molar-refractivity contribution in [3.05, 3.63) is 54.1 Å². The van der Waals surface area contributed by atoms with Gasteiger partial charge in [-0.2, -0.15) is 0 Å². The minimum absolute atomic E-state index is 0.0407. The van der Waals surface area contributed by atoms with E-state index in [1.165, 1.54) is 0 Å². The molecule has 2 heterocycles. The summed E-state index contributed by atoms with van der Waals surface area (Å²) in [6, 6.07) is 9.42. The normalized spacial score (nSPS) is 10.8. The van der Waals surface area contributed by atoms with Crippen LogP contribution in [-0.2, 0) is 0 Å². The Balaban J connectivity index is 2.33. The Hall–Kier alpha value is -2.69. The van der Waals surface area contributed by atoms with Gasteiger partial charge in [0.05, 0.1) is 5.52 Å². The maximum absolute atomic E-state index is 11.2. The maximum Gasteiger partial charge on any atom is 0.356 e. The summed E-state index contributed by atoms with van der Waals surface area (Å²) in [5.41, 5.74) is 2.54. The van der Waals surface area contributed by atoms with E-state index in [0.29, 0.717) is 11.3 Å². The smallest absolute Gasteiger partial charge is 0.356 e. The molecule has 1 N–H and O–H groups in total. The van der Waals surface area contributed by atoms with Crippen LogP contribution in [-0.4, -0.2) is 25.4 Å². The molecule has 0 radical (unpaired) electrons. The molecule has 3 rings (SSSR count). The number of aryl methyl sites for hydroxylation is 1. The van der Waals surface area contributed by atoms with Crippen LogP contribution < -0.4 is 0 Å². The van der Waals surface area contributed by atoms with Gasteiger partial charge in [0, 0.05) is 11.8 Å². The number of carboxylic acid groups (broad SMARTS) is 1. The summed E-state index contributed by atoms with van der Waals surface area (Å²) in [7, 11) is 0. The fourth-order valence-electron chi connectivity index (χ4n) is 2.09. The van der Waals surface area contributed by atoms with E-state index >= 15 is 0 Å². The molecule has 0 aliphatic carbocycles. The van der Waals surface area contributed by atoms with E-state index in [1.54, 1.807) is 23.0 Å². The predicted octanol–water partition coefficient (Wildman–Crippen LogP) is 2.40. The van der Waals surface area contributed by atoms with Gasteiger partial charge in [-0.05, 0) is 19.1 Å². The summed E-state index contributed by atoms with van der Waals surface area (Å²) in [5, 5.41) is 9.20. The number of hydrogen-bond donors (Lipinski definition) is 1. The highest BCUT2D eigenvalue weighted by Crippen LogP contribution is 2.23. The second-order valence-corrected chi connectivity index (χ2v) is 4.29. The van der Waals surface area contributed by atoms with E-state index in [1.807, 2.05) is 31.2 Å². The Morgan fingerprint density at radius 1 is 1.32 bits per heavy atom. The van der Waals surface area contributed by atoms with E-state index in [9.17, 15) is 9.90 Å². The lowest BCUT2D eigenvalue weighted by Gasteiger charge is -2.01. The molecule has 0 atom stereocenters. The van der Waals surface area contributed by atoms with Gasteiger partial charge in [0.2, 0.25) is 0 Å². The van der Waals surface area contributed by atoms with Crippen molar-refractivity contribution in [2.45, 2.75) is 6.92 Å². The molecule has 0 saturated heterocycles. The van der Waals surface area contributed by atoms with Gasteiger partial charge < -0.3 is 5.11 Å². The van der Waals surface area contributed by atoms with Crippen LogP contribution in [0, 0.1) is 6.92 Å². The van der Waals surface area contributed by atoms with Gasteiger partial charge >= 0.3 is 5.97 Å². The Bertz CT molecular complexity index is 777. The van der Waals surface area contributed by atoms with Crippen LogP contribution in [0.15, 0.2) is 42.9 Å². The van der Waals surface area contributed by atoms with Crippen LogP contribution in [0.3, 0.4) is 0 Å². The Morgan fingerprint density at radius 2 is 2.16 bits per heavy atom. The third-order valence-corrected chi connectivity index (χ3v) is 2.93. The topological polar surface area (TPSA) is 67.5 Å². The number of nitrogens with zero attached hydrogens (tertiary/aromatic N) is 3. The molecular weight excluding hydrogens is 242 g/mol. The first kappa shape index (κ1) is 11.4. The van der Waals surface area contributed by atoms with E-state index in [-0.39, 0.29) is 5.69 Å². The number of aromatic nitrogens is 3. The minimum Gasteiger partial charge on any atom is -0.476 e. The van der Waals surface area contributed by atoms with Crippen molar-refractivity contribution in [1.29, 1.82) is 0 Å². The highest BCUT2D eigenvalue weighted by atomic mass is 16.4. The SMILES string of the molecule is Cc1cccc(-c2nc(C(=O)O)c3ccncn23)c1. The highest BCUT2D eigenvalue weighted by molar-refractivity contribution is 5.94. The Kier molecular flexibility index (Phi) is 2.52. The largest absolute Gasteiger partial charge is 0.476 e. The third kappa shape index (κ3) is 1.85. The molecule has 5 nitrogen and oxygen atoms in total. The molecular formula is C14H11N3O2. The van der Waals surface area contributed by atoms with Crippen molar-refractivity contribution in [2.24, 2.45) is 0 Å². The van der Waals surface area contributed by atoms with Crippen LogP contribution in [0.4, 0.5) is 0 Å². The molecule has 0 bridgehead atoms. The van der Waals surface area contributed by atoms with Gasteiger partial charge in [0.1, 0.15) is 12.2 Å². The van der Waals surface area contributed by atoms with Crippen LogP contribution >= 0.6 is 0 Å². The first-order chi connectivity index (χ1) is 9.16. The number of rotatable bonds is 2. The lowest BCUT2D eigenvalue weighted by molar-refractivity contribution is 0.0693. The van der Waals surface area contributed by atoms with Gasteiger partial charge in [-0.3, -0.25) is 4.40 Å². The molecule has 0 aliphatic rings. The average Bonchev–Trinajstić information content (AvgIpc) is 2.78. The number of carbonyl (C=O) groups is 1. The summed E-state index contributed by atoms with van der Waals surface area (Å²) in [6.07, 6.45) is 3.13. The second kappa shape index (κ2) is 4.20. The molecule has 3 aromatic rings. The Labute approximate surface area is 109 Å². The van der Waals surface area contributed by atoms with Gasteiger partial charge in [0.25, 0.3) is 0 Å². The van der Waals surface area contributed by atoms with Gasteiger partial charge in [-0.1, -0.05) is 23.8 Å². The number of fused-ring (bicyclic) bond motifs is 1. The van der Waals surface area contributed by atoms with Crippen LogP contribution in [0.5, 0.6) is 0 Å².